The van der Waals surface area contributed by atoms with E-state index in [1.807, 2.05) is 6.07 Å². The van der Waals surface area contributed by atoms with Gasteiger partial charge in [0.15, 0.2) is 16.5 Å². The summed E-state index contributed by atoms with van der Waals surface area (Å²) >= 11 is 6.68. The minimum absolute atomic E-state index is 0.140. The van der Waals surface area contributed by atoms with Crippen molar-refractivity contribution in [2.45, 2.75) is 20.4 Å². The van der Waals surface area contributed by atoms with E-state index in [0.717, 1.165) is 11.3 Å². The molecule has 0 aliphatic carbocycles. The Morgan fingerprint density at radius 3 is 2.80 bits per heavy atom. The summed E-state index contributed by atoms with van der Waals surface area (Å²) in [4.78, 5) is 24.4. The first-order valence-corrected chi connectivity index (χ1v) is 8.48. The van der Waals surface area contributed by atoms with Crippen LogP contribution in [0, 0.1) is 11.3 Å². The molecule has 0 amide bonds. The zero-order chi connectivity index (χ0) is 18.4. The second kappa shape index (κ2) is 8.41. The number of anilines is 1. The number of nitrogens with zero attached hydrogens (tertiary/aromatic N) is 4. The fourth-order valence-electron chi connectivity index (χ4n) is 1.91. The van der Waals surface area contributed by atoms with Crippen LogP contribution in [0.5, 0.6) is 0 Å². The molecule has 0 unspecified atom stereocenters. The van der Waals surface area contributed by atoms with Crippen LogP contribution in [0.4, 0.5) is 5.82 Å². The summed E-state index contributed by atoms with van der Waals surface area (Å²) in [5, 5.41) is 19.9. The Bertz CT molecular complexity index is 988. The molecule has 10 heteroatoms. The number of nitrogens with one attached hydrogen (secondary N) is 1. The van der Waals surface area contributed by atoms with Crippen molar-refractivity contribution < 1.29 is 9.53 Å². The SMILES string of the molecule is CCOC(=O)C(C#N)=c1sc(=CNc2ccc(Cl)nn2)c(=O)n1CC. The quantitative estimate of drug-likeness (QED) is 0.751. The molecule has 0 aliphatic rings. The van der Waals surface area contributed by atoms with Crippen LogP contribution in [0.1, 0.15) is 13.8 Å². The van der Waals surface area contributed by atoms with Gasteiger partial charge in [0.25, 0.3) is 5.56 Å². The smallest absolute Gasteiger partial charge is 0.351 e. The fraction of sp³-hybridized carbons (Fsp3) is 0.267. The monoisotopic (exact) mass is 379 g/mol. The number of carbonyl (C=O) groups excluding carboxylic acids is 1. The van der Waals surface area contributed by atoms with Gasteiger partial charge in [-0.15, -0.1) is 21.5 Å². The van der Waals surface area contributed by atoms with Gasteiger partial charge >= 0.3 is 5.97 Å². The topological polar surface area (TPSA) is 110 Å². The number of aromatic nitrogens is 3. The Morgan fingerprint density at radius 1 is 1.48 bits per heavy atom. The van der Waals surface area contributed by atoms with Crippen LogP contribution < -0.4 is 20.1 Å². The Hall–Kier alpha value is -2.70. The number of rotatable bonds is 5. The molecular weight excluding hydrogens is 366 g/mol. The van der Waals surface area contributed by atoms with E-state index in [9.17, 15) is 14.9 Å². The van der Waals surface area contributed by atoms with Crippen LogP contribution in [0.15, 0.2) is 16.9 Å². The first kappa shape index (κ1) is 18.6. The Labute approximate surface area is 151 Å². The average molecular weight is 380 g/mol. The average Bonchev–Trinajstić information content (AvgIpc) is 2.91. The molecule has 0 bridgehead atoms. The van der Waals surface area contributed by atoms with Crippen LogP contribution in [-0.2, 0) is 16.1 Å². The number of halogens is 1. The maximum Gasteiger partial charge on any atom is 0.351 e. The number of hydrogen-bond acceptors (Lipinski definition) is 8. The molecule has 0 fully saturated rings. The predicted octanol–water partition coefficient (Wildman–Crippen LogP) is 0.461. The second-order valence-corrected chi connectivity index (χ2v) is 5.98. The number of carbonyl (C=O) groups is 1. The number of nitriles is 1. The van der Waals surface area contributed by atoms with Crippen molar-refractivity contribution in [3.05, 3.63) is 36.8 Å². The third kappa shape index (κ3) is 4.23. The molecular formula is C15H14ClN5O3S. The third-order valence-corrected chi connectivity index (χ3v) is 4.34. The molecule has 2 heterocycles. The normalized spacial score (nSPS) is 12.5. The summed E-state index contributed by atoms with van der Waals surface area (Å²) in [5.74, 6) is -0.354. The molecule has 25 heavy (non-hydrogen) atoms. The van der Waals surface area contributed by atoms with E-state index < -0.39 is 5.97 Å². The van der Waals surface area contributed by atoms with Crippen LogP contribution >= 0.6 is 22.9 Å². The van der Waals surface area contributed by atoms with Crippen LogP contribution in [0.3, 0.4) is 0 Å². The van der Waals surface area contributed by atoms with E-state index in [4.69, 9.17) is 16.3 Å². The molecule has 8 nitrogen and oxygen atoms in total. The van der Waals surface area contributed by atoms with Crippen molar-refractivity contribution in [2.24, 2.45) is 0 Å². The van der Waals surface area contributed by atoms with Crippen molar-refractivity contribution in [3.8, 4) is 6.07 Å². The summed E-state index contributed by atoms with van der Waals surface area (Å²) in [6, 6.07) is 4.97. The van der Waals surface area contributed by atoms with Gasteiger partial charge in [0.05, 0.1) is 6.61 Å². The number of ether oxygens (including phenoxy) is 1. The van der Waals surface area contributed by atoms with Crippen molar-refractivity contribution in [2.75, 3.05) is 11.9 Å². The first-order chi connectivity index (χ1) is 12.0. The van der Waals surface area contributed by atoms with Gasteiger partial charge in [0.2, 0.25) is 0 Å². The Kier molecular flexibility index (Phi) is 6.27. The minimum atomic E-state index is -0.753. The maximum atomic E-state index is 12.5. The molecule has 0 aliphatic heterocycles. The molecule has 0 atom stereocenters. The van der Waals surface area contributed by atoms with Crippen LogP contribution in [0.25, 0.3) is 11.8 Å². The number of thiazole rings is 1. The lowest BCUT2D eigenvalue weighted by Gasteiger charge is -2.00. The van der Waals surface area contributed by atoms with E-state index in [0.29, 0.717) is 16.9 Å². The summed E-state index contributed by atoms with van der Waals surface area (Å²) in [5.41, 5.74) is -0.522. The van der Waals surface area contributed by atoms with E-state index in [1.54, 1.807) is 26.0 Å². The van der Waals surface area contributed by atoms with E-state index in [1.165, 1.54) is 10.8 Å². The zero-order valence-electron chi connectivity index (χ0n) is 13.4. The molecule has 0 aromatic carbocycles. The predicted molar refractivity (Wildman–Crippen MR) is 94.3 cm³/mol. The van der Waals surface area contributed by atoms with Gasteiger partial charge < -0.3 is 10.1 Å². The van der Waals surface area contributed by atoms with E-state index in [2.05, 4.69) is 15.5 Å². The molecule has 2 aromatic rings. The molecule has 2 aromatic heterocycles. The van der Waals surface area contributed by atoms with Crippen molar-refractivity contribution in [3.63, 3.8) is 0 Å². The Morgan fingerprint density at radius 2 is 2.24 bits per heavy atom. The maximum absolute atomic E-state index is 12.5. The molecule has 130 valence electrons. The highest BCUT2D eigenvalue weighted by Gasteiger charge is 2.16. The first-order valence-electron chi connectivity index (χ1n) is 7.28. The number of esters is 1. The molecule has 1 N–H and O–H groups in total. The van der Waals surface area contributed by atoms with Gasteiger partial charge in [0.1, 0.15) is 15.3 Å². The molecule has 0 radical (unpaired) electrons. The largest absolute Gasteiger partial charge is 0.462 e. The number of hydrogen-bond donors (Lipinski definition) is 1. The van der Waals surface area contributed by atoms with Gasteiger partial charge in [-0.05, 0) is 26.0 Å². The lowest BCUT2D eigenvalue weighted by Crippen LogP contribution is -2.32. The van der Waals surface area contributed by atoms with Crippen molar-refractivity contribution >= 4 is 46.5 Å². The summed E-state index contributed by atoms with van der Waals surface area (Å²) in [7, 11) is 0. The van der Waals surface area contributed by atoms with E-state index >= 15 is 0 Å². The third-order valence-electron chi connectivity index (χ3n) is 3.01. The highest BCUT2D eigenvalue weighted by molar-refractivity contribution is 7.07. The van der Waals surface area contributed by atoms with Gasteiger partial charge in [-0.3, -0.25) is 9.36 Å². The van der Waals surface area contributed by atoms with Crippen molar-refractivity contribution in [1.29, 1.82) is 5.26 Å². The molecule has 0 saturated heterocycles. The van der Waals surface area contributed by atoms with Crippen LogP contribution in [-0.4, -0.2) is 27.3 Å². The lowest BCUT2D eigenvalue weighted by molar-refractivity contribution is -0.136. The summed E-state index contributed by atoms with van der Waals surface area (Å²) < 4.78 is 6.79. The van der Waals surface area contributed by atoms with Gasteiger partial charge in [-0.1, -0.05) is 11.6 Å². The molecule has 0 spiro atoms. The minimum Gasteiger partial charge on any atom is -0.462 e. The van der Waals surface area contributed by atoms with Gasteiger partial charge in [-0.2, -0.15) is 5.26 Å². The summed E-state index contributed by atoms with van der Waals surface area (Å²) in [6.07, 6.45) is 1.45. The molecule has 2 rings (SSSR count). The van der Waals surface area contributed by atoms with Crippen LogP contribution in [0.2, 0.25) is 5.15 Å². The standard InChI is InChI=1S/C15H14ClN5O3S/c1-3-21-13(22)10(8-18-12-6-5-11(16)19-20-12)25-14(21)9(7-17)15(23)24-4-2/h5-6,8H,3-4H2,1-2H3,(H,18,20). The highest BCUT2D eigenvalue weighted by atomic mass is 35.5. The van der Waals surface area contributed by atoms with Crippen molar-refractivity contribution in [1.82, 2.24) is 14.8 Å². The zero-order valence-corrected chi connectivity index (χ0v) is 15.0. The van der Waals surface area contributed by atoms with Gasteiger partial charge in [0, 0.05) is 12.7 Å². The molecule has 0 saturated carbocycles. The highest BCUT2D eigenvalue weighted by Crippen LogP contribution is 2.05. The second-order valence-electron chi connectivity index (χ2n) is 4.56. The summed E-state index contributed by atoms with van der Waals surface area (Å²) in [6.45, 7) is 3.84. The fourth-order valence-corrected chi connectivity index (χ4v) is 3.09. The van der Waals surface area contributed by atoms with Gasteiger partial charge in [-0.25, -0.2) is 4.79 Å². The Balaban J connectivity index is 2.55. The lowest BCUT2D eigenvalue weighted by atomic mass is 10.3. The van der Waals surface area contributed by atoms with E-state index in [-0.39, 0.29) is 27.6 Å².